The third-order valence-corrected chi connectivity index (χ3v) is 10.3. The Morgan fingerprint density at radius 2 is 1.64 bits per heavy atom. The van der Waals surface area contributed by atoms with Gasteiger partial charge in [0.05, 0.1) is 29.5 Å². The first kappa shape index (κ1) is 25.3. The Labute approximate surface area is 198 Å². The summed E-state index contributed by atoms with van der Waals surface area (Å²) in [6, 6.07) is 0. The van der Waals surface area contributed by atoms with Gasteiger partial charge in [0.15, 0.2) is 5.78 Å². The average molecular weight is 465 g/mol. The molecule has 0 amide bonds. The Bertz CT molecular complexity index is 812. The third-order valence-electron chi connectivity index (χ3n) is 10.3. The molecule has 188 valence electrons. The molecule has 3 fully saturated rings. The standard InChI is InChI=1S/C27H44O6/c1-24(2,32)10-9-23(31)27(5,33)22-7-6-16-15-12-19(28)18-13-20(29)21(30)14-26(18,4)17(15)8-11-25(16,22)3/h12,16-18,20-23,29-33H,6-11,13-14H2,1-5H3/t16-,17?,18-,20+,21-,22?,23+,25-,26+,27-/m0/s1. The van der Waals surface area contributed by atoms with Gasteiger partial charge in [-0.15, -0.1) is 0 Å². The molecule has 0 radical (unpaired) electrons. The monoisotopic (exact) mass is 464 g/mol. The molecule has 0 spiro atoms. The summed E-state index contributed by atoms with van der Waals surface area (Å²) >= 11 is 0. The maximum atomic E-state index is 13.2. The Morgan fingerprint density at radius 1 is 1.00 bits per heavy atom. The van der Waals surface area contributed by atoms with Crippen molar-refractivity contribution in [1.29, 1.82) is 0 Å². The normalized spacial score (nSPS) is 46.0. The molecule has 4 aliphatic carbocycles. The number of allylic oxidation sites excluding steroid dienone is 2. The van der Waals surface area contributed by atoms with Gasteiger partial charge in [0.25, 0.3) is 0 Å². The van der Waals surface area contributed by atoms with Crippen molar-refractivity contribution in [2.75, 3.05) is 0 Å². The second-order valence-corrected chi connectivity index (χ2v) is 13.1. The summed E-state index contributed by atoms with van der Waals surface area (Å²) in [5, 5.41) is 53.3. The van der Waals surface area contributed by atoms with E-state index >= 15 is 0 Å². The molecule has 6 nitrogen and oxygen atoms in total. The van der Waals surface area contributed by atoms with Gasteiger partial charge < -0.3 is 25.5 Å². The molecule has 0 aliphatic heterocycles. The van der Waals surface area contributed by atoms with E-state index in [4.69, 9.17) is 0 Å². The number of aliphatic hydroxyl groups is 5. The van der Waals surface area contributed by atoms with E-state index in [1.165, 1.54) is 5.57 Å². The fourth-order valence-electron chi connectivity index (χ4n) is 8.37. The second-order valence-electron chi connectivity index (χ2n) is 13.1. The maximum Gasteiger partial charge on any atom is 0.159 e. The summed E-state index contributed by atoms with van der Waals surface area (Å²) in [6.45, 7) is 9.49. The van der Waals surface area contributed by atoms with E-state index in [0.717, 1.165) is 25.7 Å². The van der Waals surface area contributed by atoms with Crippen LogP contribution in [-0.2, 0) is 4.79 Å². The zero-order valence-corrected chi connectivity index (χ0v) is 20.9. The van der Waals surface area contributed by atoms with Crippen LogP contribution in [0, 0.1) is 34.5 Å². The molecule has 4 aliphatic rings. The number of ketones is 1. The lowest BCUT2D eigenvalue weighted by atomic mass is 9.47. The number of hydrogen-bond acceptors (Lipinski definition) is 6. The van der Waals surface area contributed by atoms with Crippen molar-refractivity contribution in [3.05, 3.63) is 11.6 Å². The van der Waals surface area contributed by atoms with Crippen molar-refractivity contribution in [2.24, 2.45) is 34.5 Å². The van der Waals surface area contributed by atoms with E-state index < -0.39 is 29.5 Å². The smallest absolute Gasteiger partial charge is 0.159 e. The van der Waals surface area contributed by atoms with Gasteiger partial charge in [-0.05, 0) is 107 Å². The van der Waals surface area contributed by atoms with Crippen LogP contribution >= 0.6 is 0 Å². The van der Waals surface area contributed by atoms with Gasteiger partial charge in [-0.2, -0.15) is 0 Å². The molecule has 3 saturated carbocycles. The van der Waals surface area contributed by atoms with Crippen LogP contribution in [0.25, 0.3) is 0 Å². The van der Waals surface area contributed by atoms with E-state index in [1.807, 2.05) is 6.08 Å². The Morgan fingerprint density at radius 3 is 2.27 bits per heavy atom. The number of hydrogen-bond donors (Lipinski definition) is 5. The van der Waals surface area contributed by atoms with Gasteiger partial charge in [0.1, 0.15) is 0 Å². The Kier molecular flexibility index (Phi) is 6.23. The minimum atomic E-state index is -1.28. The van der Waals surface area contributed by atoms with Gasteiger partial charge in [-0.3, -0.25) is 4.79 Å². The van der Waals surface area contributed by atoms with E-state index in [-0.39, 0.29) is 40.3 Å². The highest BCUT2D eigenvalue weighted by atomic mass is 16.3. The van der Waals surface area contributed by atoms with Crippen molar-refractivity contribution in [1.82, 2.24) is 0 Å². The molecule has 0 aromatic heterocycles. The number of carbonyl (C=O) groups is 1. The van der Waals surface area contributed by atoms with Crippen LogP contribution in [0.15, 0.2) is 11.6 Å². The van der Waals surface area contributed by atoms with Gasteiger partial charge in [-0.25, -0.2) is 0 Å². The SMILES string of the molecule is CC(C)(O)CC[C@@H](O)[C@@](C)(O)C1CC[C@H]2C3=CC(=O)[C@@H]4C[C@@H](O)[C@@H](O)C[C@]4(C)C3CC[C@]12C. The Balaban J connectivity index is 1.61. The van der Waals surface area contributed by atoms with Crippen molar-refractivity contribution in [3.8, 4) is 0 Å². The third kappa shape index (κ3) is 4.04. The summed E-state index contributed by atoms with van der Waals surface area (Å²) in [4.78, 5) is 13.2. The first-order valence-electron chi connectivity index (χ1n) is 12.9. The van der Waals surface area contributed by atoms with E-state index in [0.29, 0.717) is 25.7 Å². The highest BCUT2D eigenvalue weighted by molar-refractivity contribution is 5.94. The molecular formula is C27H44O6. The highest BCUT2D eigenvalue weighted by Gasteiger charge is 2.63. The van der Waals surface area contributed by atoms with Crippen molar-refractivity contribution < 1.29 is 30.3 Å². The zero-order valence-electron chi connectivity index (χ0n) is 20.9. The predicted molar refractivity (Wildman–Crippen MR) is 125 cm³/mol. The van der Waals surface area contributed by atoms with E-state index in [9.17, 15) is 30.3 Å². The van der Waals surface area contributed by atoms with Crippen molar-refractivity contribution in [3.63, 3.8) is 0 Å². The minimum absolute atomic E-state index is 0.0689. The van der Waals surface area contributed by atoms with Gasteiger partial charge >= 0.3 is 0 Å². The van der Waals surface area contributed by atoms with Crippen molar-refractivity contribution >= 4 is 5.78 Å². The molecule has 0 saturated heterocycles. The molecule has 0 aromatic rings. The fourth-order valence-corrected chi connectivity index (χ4v) is 8.37. The van der Waals surface area contributed by atoms with Crippen LogP contribution in [0.1, 0.15) is 86.0 Å². The topological polar surface area (TPSA) is 118 Å². The molecule has 33 heavy (non-hydrogen) atoms. The molecule has 10 atom stereocenters. The Hall–Kier alpha value is -0.790. The van der Waals surface area contributed by atoms with Gasteiger partial charge in [0, 0.05) is 5.92 Å². The molecule has 4 rings (SSSR count). The van der Waals surface area contributed by atoms with Crippen LogP contribution in [0.3, 0.4) is 0 Å². The summed E-state index contributed by atoms with van der Waals surface area (Å²) in [7, 11) is 0. The van der Waals surface area contributed by atoms with Gasteiger partial charge in [0.2, 0.25) is 0 Å². The van der Waals surface area contributed by atoms with E-state index in [1.54, 1.807) is 20.8 Å². The van der Waals surface area contributed by atoms with Crippen LogP contribution < -0.4 is 0 Å². The second kappa shape index (κ2) is 8.12. The van der Waals surface area contributed by atoms with Crippen molar-refractivity contribution in [2.45, 2.75) is 115 Å². The molecule has 2 unspecified atom stereocenters. The largest absolute Gasteiger partial charge is 0.390 e. The van der Waals surface area contributed by atoms with E-state index in [2.05, 4.69) is 13.8 Å². The summed E-state index contributed by atoms with van der Waals surface area (Å²) in [5.74, 6) is 0.0783. The molecule has 0 bridgehead atoms. The maximum absolute atomic E-state index is 13.2. The van der Waals surface area contributed by atoms with Crippen LogP contribution in [-0.4, -0.2) is 60.8 Å². The molecular weight excluding hydrogens is 420 g/mol. The van der Waals surface area contributed by atoms with Crippen LogP contribution in [0.2, 0.25) is 0 Å². The number of rotatable bonds is 5. The molecule has 0 heterocycles. The lowest BCUT2D eigenvalue weighted by Crippen LogP contribution is -2.57. The first-order valence-corrected chi connectivity index (χ1v) is 12.9. The molecule has 6 heteroatoms. The number of carbonyl (C=O) groups excluding carboxylic acids is 1. The lowest BCUT2D eigenvalue weighted by molar-refractivity contribution is -0.151. The summed E-state index contributed by atoms with van der Waals surface area (Å²) in [5.41, 5.74) is -1.58. The highest BCUT2D eigenvalue weighted by Crippen LogP contribution is 2.67. The van der Waals surface area contributed by atoms with Crippen LogP contribution in [0.5, 0.6) is 0 Å². The number of fused-ring (bicyclic) bond motifs is 5. The van der Waals surface area contributed by atoms with Crippen LogP contribution in [0.4, 0.5) is 0 Å². The predicted octanol–water partition coefficient (Wildman–Crippen LogP) is 2.74. The molecule has 5 N–H and O–H groups in total. The quantitative estimate of drug-likeness (QED) is 0.427. The summed E-state index contributed by atoms with van der Waals surface area (Å²) in [6.07, 6.45) is 4.21. The number of aliphatic hydroxyl groups excluding tert-OH is 3. The lowest BCUT2D eigenvalue weighted by Gasteiger charge is -2.58. The average Bonchev–Trinajstić information content (AvgIpc) is 3.06. The fraction of sp³-hybridized carbons (Fsp3) is 0.889. The zero-order chi connectivity index (χ0) is 24.6. The summed E-state index contributed by atoms with van der Waals surface area (Å²) < 4.78 is 0. The minimum Gasteiger partial charge on any atom is -0.390 e. The first-order chi connectivity index (χ1) is 15.1. The van der Waals surface area contributed by atoms with Gasteiger partial charge in [-0.1, -0.05) is 19.4 Å². The molecule has 0 aromatic carbocycles.